The van der Waals surface area contributed by atoms with Crippen LogP contribution in [0, 0.1) is 5.92 Å². The minimum atomic E-state index is -1.41. The monoisotopic (exact) mass is 376 g/mol. The van der Waals surface area contributed by atoms with Crippen LogP contribution in [0.25, 0.3) is 0 Å². The Hall–Kier alpha value is -2.24. The first-order valence-electron chi connectivity index (χ1n) is 8.10. The van der Waals surface area contributed by atoms with Gasteiger partial charge < -0.3 is 37.0 Å². The van der Waals surface area contributed by atoms with Crippen LogP contribution in [0.2, 0.25) is 0 Å². The summed E-state index contributed by atoms with van der Waals surface area (Å²) in [5, 5.41) is 34.3. The summed E-state index contributed by atoms with van der Waals surface area (Å²) < 4.78 is 0. The summed E-state index contributed by atoms with van der Waals surface area (Å²) in [5.74, 6) is -4.03. The number of nitrogens with one attached hydrogen (secondary N) is 3. The Kier molecular flexibility index (Phi) is 9.76. The zero-order valence-corrected chi connectivity index (χ0v) is 15.2. The lowest BCUT2D eigenvalue weighted by Gasteiger charge is -2.25. The van der Waals surface area contributed by atoms with E-state index in [0.29, 0.717) is 0 Å². The second-order valence-electron chi connectivity index (χ2n) is 6.31. The van der Waals surface area contributed by atoms with Crippen LogP contribution >= 0.6 is 0 Å². The first kappa shape index (κ1) is 23.8. The Labute approximate surface area is 151 Å². The van der Waals surface area contributed by atoms with Gasteiger partial charge in [0.15, 0.2) is 0 Å². The molecule has 0 heterocycles. The summed E-state index contributed by atoms with van der Waals surface area (Å²) in [4.78, 5) is 47.1. The summed E-state index contributed by atoms with van der Waals surface area (Å²) in [5.41, 5.74) is 5.33. The van der Waals surface area contributed by atoms with Gasteiger partial charge in [-0.2, -0.15) is 0 Å². The lowest BCUT2D eigenvalue weighted by atomic mass is 10.0. The number of nitrogens with two attached hydrogens (primary N) is 1. The maximum atomic E-state index is 12.2. The van der Waals surface area contributed by atoms with E-state index in [9.17, 15) is 24.3 Å². The van der Waals surface area contributed by atoms with Gasteiger partial charge in [0, 0.05) is 0 Å². The molecule has 0 aromatic heterocycles. The number of aliphatic hydroxyl groups excluding tert-OH is 2. The van der Waals surface area contributed by atoms with E-state index < -0.39 is 60.6 Å². The molecule has 8 N–H and O–H groups in total. The third-order valence-corrected chi connectivity index (χ3v) is 3.58. The zero-order chi connectivity index (χ0) is 20.6. The molecule has 0 rings (SSSR count). The van der Waals surface area contributed by atoms with E-state index in [0.717, 1.165) is 0 Å². The normalized spacial score (nSPS) is 16.8. The number of rotatable bonds is 10. The van der Waals surface area contributed by atoms with Crippen molar-refractivity contribution < 1.29 is 34.5 Å². The van der Waals surface area contributed by atoms with Gasteiger partial charge in [0.25, 0.3) is 0 Å². The van der Waals surface area contributed by atoms with Crippen LogP contribution in [0.15, 0.2) is 0 Å². The number of carboxylic acid groups (broad SMARTS) is 1. The maximum absolute atomic E-state index is 12.2. The first-order valence-corrected chi connectivity index (χ1v) is 8.10. The SMILES string of the molecule is CC(NC(=O)C(NC(=O)C(N)CO)C(C)O)C(=O)NC(C(=O)O)C(C)C. The summed E-state index contributed by atoms with van der Waals surface area (Å²) in [6.45, 7) is 5.16. The van der Waals surface area contributed by atoms with Crippen LogP contribution in [0.5, 0.6) is 0 Å². The number of carbonyl (C=O) groups is 4. The number of hydrogen-bond donors (Lipinski definition) is 7. The molecule has 3 amide bonds. The summed E-state index contributed by atoms with van der Waals surface area (Å²) >= 11 is 0. The minimum Gasteiger partial charge on any atom is -0.480 e. The van der Waals surface area contributed by atoms with E-state index >= 15 is 0 Å². The maximum Gasteiger partial charge on any atom is 0.326 e. The second-order valence-corrected chi connectivity index (χ2v) is 6.31. The van der Waals surface area contributed by atoms with Crippen LogP contribution in [0.3, 0.4) is 0 Å². The molecule has 0 aliphatic rings. The molecule has 0 spiro atoms. The molecule has 150 valence electrons. The summed E-state index contributed by atoms with van der Waals surface area (Å²) in [7, 11) is 0. The minimum absolute atomic E-state index is 0.371. The molecule has 11 heteroatoms. The van der Waals surface area contributed by atoms with Crippen molar-refractivity contribution >= 4 is 23.7 Å². The number of hydrogen-bond acceptors (Lipinski definition) is 7. The largest absolute Gasteiger partial charge is 0.480 e. The van der Waals surface area contributed by atoms with Gasteiger partial charge in [0.1, 0.15) is 24.2 Å². The zero-order valence-electron chi connectivity index (χ0n) is 15.2. The highest BCUT2D eigenvalue weighted by Gasteiger charge is 2.31. The molecular weight excluding hydrogens is 348 g/mol. The highest BCUT2D eigenvalue weighted by Crippen LogP contribution is 2.03. The lowest BCUT2D eigenvalue weighted by Crippen LogP contribution is -2.59. The molecule has 5 atom stereocenters. The first-order chi connectivity index (χ1) is 11.9. The average molecular weight is 376 g/mol. The van der Waals surface area contributed by atoms with Gasteiger partial charge in [0.2, 0.25) is 17.7 Å². The fourth-order valence-corrected chi connectivity index (χ4v) is 1.91. The Balaban J connectivity index is 4.94. The van der Waals surface area contributed by atoms with E-state index in [1.807, 2.05) is 0 Å². The number of carbonyl (C=O) groups excluding carboxylic acids is 3. The van der Waals surface area contributed by atoms with Gasteiger partial charge in [-0.1, -0.05) is 13.8 Å². The van der Waals surface area contributed by atoms with Crippen molar-refractivity contribution in [3.63, 3.8) is 0 Å². The number of amides is 3. The molecule has 0 radical (unpaired) electrons. The molecule has 0 saturated heterocycles. The van der Waals surface area contributed by atoms with Gasteiger partial charge in [0.05, 0.1) is 12.7 Å². The van der Waals surface area contributed by atoms with E-state index in [1.165, 1.54) is 13.8 Å². The summed E-state index contributed by atoms with van der Waals surface area (Å²) in [6, 6.07) is -4.92. The highest BCUT2D eigenvalue weighted by atomic mass is 16.4. The Morgan fingerprint density at radius 3 is 1.77 bits per heavy atom. The van der Waals surface area contributed by atoms with Crippen LogP contribution in [-0.2, 0) is 19.2 Å². The van der Waals surface area contributed by atoms with Crippen molar-refractivity contribution in [2.24, 2.45) is 11.7 Å². The number of aliphatic carboxylic acids is 1. The quantitative estimate of drug-likeness (QED) is 0.208. The van der Waals surface area contributed by atoms with Crippen molar-refractivity contribution in [1.29, 1.82) is 0 Å². The van der Waals surface area contributed by atoms with E-state index in [2.05, 4.69) is 16.0 Å². The smallest absolute Gasteiger partial charge is 0.326 e. The predicted octanol–water partition coefficient (Wildman–Crippen LogP) is -3.10. The van der Waals surface area contributed by atoms with Crippen molar-refractivity contribution in [3.05, 3.63) is 0 Å². The molecule has 0 saturated carbocycles. The van der Waals surface area contributed by atoms with Crippen molar-refractivity contribution in [2.45, 2.75) is 58.0 Å². The van der Waals surface area contributed by atoms with Crippen molar-refractivity contribution in [3.8, 4) is 0 Å². The van der Waals surface area contributed by atoms with Crippen molar-refractivity contribution in [2.75, 3.05) is 6.61 Å². The summed E-state index contributed by atoms with van der Waals surface area (Å²) in [6.07, 6.45) is -1.30. The average Bonchev–Trinajstić information content (AvgIpc) is 2.54. The third kappa shape index (κ3) is 7.33. The fourth-order valence-electron chi connectivity index (χ4n) is 1.91. The van der Waals surface area contributed by atoms with Crippen LogP contribution in [-0.4, -0.2) is 75.9 Å². The highest BCUT2D eigenvalue weighted by molar-refractivity contribution is 5.94. The van der Waals surface area contributed by atoms with E-state index in [4.69, 9.17) is 15.9 Å². The predicted molar refractivity (Wildman–Crippen MR) is 90.7 cm³/mol. The standard InChI is InChI=1S/C15H28N4O7/c1-6(2)10(15(25)26)18-12(22)7(3)17-14(24)11(8(4)21)19-13(23)9(16)5-20/h6-11,20-21H,5,16H2,1-4H3,(H,17,24)(H,18,22)(H,19,23)(H,25,26). The molecule has 5 unspecified atom stereocenters. The Morgan fingerprint density at radius 1 is 0.885 bits per heavy atom. The van der Waals surface area contributed by atoms with Gasteiger partial charge in [-0.05, 0) is 19.8 Å². The molecular formula is C15H28N4O7. The third-order valence-electron chi connectivity index (χ3n) is 3.58. The number of aliphatic hydroxyl groups is 2. The molecule has 0 aromatic rings. The fraction of sp³-hybridized carbons (Fsp3) is 0.733. The lowest BCUT2D eigenvalue weighted by molar-refractivity contribution is -0.143. The molecule has 0 aliphatic carbocycles. The van der Waals surface area contributed by atoms with Crippen LogP contribution in [0.1, 0.15) is 27.7 Å². The molecule has 0 bridgehead atoms. The van der Waals surface area contributed by atoms with Gasteiger partial charge in [-0.25, -0.2) is 4.79 Å². The molecule has 26 heavy (non-hydrogen) atoms. The molecule has 0 fully saturated rings. The second kappa shape index (κ2) is 10.7. The van der Waals surface area contributed by atoms with Crippen molar-refractivity contribution in [1.82, 2.24) is 16.0 Å². The van der Waals surface area contributed by atoms with E-state index in [-0.39, 0.29) is 5.92 Å². The Bertz CT molecular complexity index is 524. The van der Waals surface area contributed by atoms with Crippen LogP contribution < -0.4 is 21.7 Å². The Morgan fingerprint density at radius 2 is 1.38 bits per heavy atom. The number of carboxylic acids is 1. The topological polar surface area (TPSA) is 191 Å². The van der Waals surface area contributed by atoms with Gasteiger partial charge in [-0.15, -0.1) is 0 Å². The van der Waals surface area contributed by atoms with Gasteiger partial charge in [-0.3, -0.25) is 14.4 Å². The van der Waals surface area contributed by atoms with Gasteiger partial charge >= 0.3 is 5.97 Å². The molecule has 0 aliphatic heterocycles. The van der Waals surface area contributed by atoms with Crippen LogP contribution in [0.4, 0.5) is 0 Å². The molecule has 0 aromatic carbocycles. The van der Waals surface area contributed by atoms with E-state index in [1.54, 1.807) is 13.8 Å². The molecule has 11 nitrogen and oxygen atoms in total.